The van der Waals surface area contributed by atoms with E-state index in [0.717, 1.165) is 5.88 Å². The molecule has 1 aliphatic rings. The molecule has 1 amide bonds. The Morgan fingerprint density at radius 2 is 1.94 bits per heavy atom. The minimum absolute atomic E-state index is 0.130. The van der Waals surface area contributed by atoms with Crippen LogP contribution in [0, 0.1) is 5.92 Å². The summed E-state index contributed by atoms with van der Waals surface area (Å²) in [4.78, 5) is 27.7. The van der Waals surface area contributed by atoms with E-state index in [4.69, 9.17) is 17.0 Å². The SMILES string of the molecule is [2H]C([2H])(c1ccccc1OCCCCCC(=O)O)N(C(=O)C1CCN(c2ccco2)CC1)C(C)C. The minimum atomic E-state index is -2.05. The van der Waals surface area contributed by atoms with Gasteiger partial charge in [0.2, 0.25) is 5.91 Å². The van der Waals surface area contributed by atoms with E-state index >= 15 is 0 Å². The van der Waals surface area contributed by atoms with Crippen LogP contribution < -0.4 is 9.64 Å². The van der Waals surface area contributed by atoms with Gasteiger partial charge in [0.15, 0.2) is 5.88 Å². The number of benzene rings is 1. The maximum absolute atomic E-state index is 13.6. The number of carboxylic acids is 1. The molecule has 3 rings (SSSR count). The lowest BCUT2D eigenvalue weighted by Gasteiger charge is -2.36. The molecule has 0 radical (unpaired) electrons. The Balaban J connectivity index is 1.68. The fourth-order valence-electron chi connectivity index (χ4n) is 3.98. The zero-order valence-corrected chi connectivity index (χ0v) is 19.5. The normalized spacial score (nSPS) is 15.8. The zero-order chi connectivity index (χ0) is 25.4. The molecule has 1 aliphatic heterocycles. The zero-order valence-electron chi connectivity index (χ0n) is 21.5. The summed E-state index contributed by atoms with van der Waals surface area (Å²) in [6.07, 6.45) is 5.00. The molecule has 0 atom stereocenters. The van der Waals surface area contributed by atoms with Gasteiger partial charge in [0.05, 0.1) is 15.6 Å². The van der Waals surface area contributed by atoms with Crippen LogP contribution in [-0.2, 0) is 16.1 Å². The smallest absolute Gasteiger partial charge is 0.303 e. The number of para-hydroxylation sites is 1. The van der Waals surface area contributed by atoms with E-state index in [-0.39, 0.29) is 24.3 Å². The minimum Gasteiger partial charge on any atom is -0.493 e. The van der Waals surface area contributed by atoms with Crippen molar-refractivity contribution in [2.45, 2.75) is 64.9 Å². The number of aliphatic carboxylic acids is 1. The molecule has 2 aromatic rings. The fourth-order valence-corrected chi connectivity index (χ4v) is 3.98. The number of hydrogen-bond donors (Lipinski definition) is 1. The van der Waals surface area contributed by atoms with Crippen LogP contribution >= 0.6 is 0 Å². The van der Waals surface area contributed by atoms with Crippen LogP contribution in [0.5, 0.6) is 5.75 Å². The van der Waals surface area contributed by atoms with Crippen LogP contribution in [0.1, 0.15) is 60.7 Å². The van der Waals surface area contributed by atoms with Gasteiger partial charge >= 0.3 is 5.97 Å². The van der Waals surface area contributed by atoms with Crippen molar-refractivity contribution in [2.75, 3.05) is 24.6 Å². The van der Waals surface area contributed by atoms with Crippen molar-refractivity contribution in [1.29, 1.82) is 0 Å². The summed E-state index contributed by atoms with van der Waals surface area (Å²) in [5, 5.41) is 8.75. The lowest BCUT2D eigenvalue weighted by Crippen LogP contribution is -2.44. The number of anilines is 1. The summed E-state index contributed by atoms with van der Waals surface area (Å²) in [5.41, 5.74) is 0.320. The lowest BCUT2D eigenvalue weighted by atomic mass is 9.94. The molecule has 180 valence electrons. The molecular formula is C26H36N2O5. The van der Waals surface area contributed by atoms with Gasteiger partial charge in [-0.15, -0.1) is 0 Å². The highest BCUT2D eigenvalue weighted by Crippen LogP contribution is 2.27. The first-order chi connectivity index (χ1) is 16.7. The van der Waals surface area contributed by atoms with Crippen molar-refractivity contribution < 1.29 is 26.6 Å². The first-order valence-corrected chi connectivity index (χ1v) is 11.8. The predicted octanol–water partition coefficient (Wildman–Crippen LogP) is 4.96. The molecule has 0 saturated carbocycles. The molecule has 7 nitrogen and oxygen atoms in total. The molecule has 1 fully saturated rings. The predicted molar refractivity (Wildman–Crippen MR) is 127 cm³/mol. The van der Waals surface area contributed by atoms with Crippen molar-refractivity contribution >= 4 is 17.8 Å². The molecule has 1 aromatic carbocycles. The Kier molecular flexibility index (Phi) is 8.17. The molecule has 7 heteroatoms. The standard InChI is InChI=1S/C26H36N2O5/c1-20(2)28(26(31)21-13-15-27(16-14-21)24-11-8-18-33-24)19-22-9-5-6-10-23(22)32-17-7-3-4-12-25(29)30/h5-6,8-11,18,20-21H,3-4,7,12-17,19H2,1-2H3,(H,29,30)/i19D2. The summed E-state index contributed by atoms with van der Waals surface area (Å²) in [7, 11) is 0. The van der Waals surface area contributed by atoms with E-state index in [2.05, 4.69) is 4.90 Å². The molecule has 1 N–H and O–H groups in total. The number of carbonyl (C=O) groups is 2. The van der Waals surface area contributed by atoms with Crippen molar-refractivity contribution in [2.24, 2.45) is 5.92 Å². The average Bonchev–Trinajstić information content (AvgIpc) is 3.36. The lowest BCUT2D eigenvalue weighted by molar-refractivity contribution is -0.139. The van der Waals surface area contributed by atoms with Crippen LogP contribution in [0.3, 0.4) is 0 Å². The van der Waals surface area contributed by atoms with Gasteiger partial charge in [-0.3, -0.25) is 9.59 Å². The quantitative estimate of drug-likeness (QED) is 0.453. The van der Waals surface area contributed by atoms with Crippen molar-refractivity contribution in [3.63, 3.8) is 0 Å². The monoisotopic (exact) mass is 458 g/mol. The second-order valence-corrected chi connectivity index (χ2v) is 8.68. The van der Waals surface area contributed by atoms with Gasteiger partial charge in [0.25, 0.3) is 0 Å². The highest BCUT2D eigenvalue weighted by atomic mass is 16.5. The van der Waals surface area contributed by atoms with Gasteiger partial charge in [-0.25, -0.2) is 0 Å². The maximum Gasteiger partial charge on any atom is 0.303 e. The molecule has 2 heterocycles. The number of piperidine rings is 1. The molecule has 1 saturated heterocycles. The molecular weight excluding hydrogens is 420 g/mol. The van der Waals surface area contributed by atoms with Crippen molar-refractivity contribution in [1.82, 2.24) is 4.90 Å². The van der Waals surface area contributed by atoms with Gasteiger partial charge in [-0.05, 0) is 58.1 Å². The molecule has 33 heavy (non-hydrogen) atoms. The average molecular weight is 459 g/mol. The molecule has 1 aromatic heterocycles. The highest BCUT2D eigenvalue weighted by molar-refractivity contribution is 5.79. The number of carboxylic acid groups (broad SMARTS) is 1. The molecule has 0 unspecified atom stereocenters. The second kappa shape index (κ2) is 12.3. The van der Waals surface area contributed by atoms with Gasteiger partial charge in [0.1, 0.15) is 5.75 Å². The fraction of sp³-hybridized carbons (Fsp3) is 0.538. The van der Waals surface area contributed by atoms with Crippen LogP contribution in [-0.4, -0.2) is 47.6 Å². The van der Waals surface area contributed by atoms with E-state index in [9.17, 15) is 9.59 Å². The van der Waals surface area contributed by atoms with Gasteiger partial charge in [0, 0.05) is 49.6 Å². The van der Waals surface area contributed by atoms with E-state index < -0.39 is 12.5 Å². The molecule has 0 spiro atoms. The third kappa shape index (κ3) is 7.27. The van der Waals surface area contributed by atoms with Gasteiger partial charge in [-0.1, -0.05) is 18.2 Å². The van der Waals surface area contributed by atoms with E-state index in [1.807, 2.05) is 26.0 Å². The maximum atomic E-state index is 13.6. The number of ether oxygens (including phenoxy) is 1. The van der Waals surface area contributed by atoms with E-state index in [1.54, 1.807) is 30.5 Å². The number of rotatable bonds is 12. The summed E-state index contributed by atoms with van der Waals surface area (Å²) < 4.78 is 29.4. The van der Waals surface area contributed by atoms with Crippen LogP contribution in [0.4, 0.5) is 5.88 Å². The first-order valence-electron chi connectivity index (χ1n) is 12.8. The molecule has 0 bridgehead atoms. The number of hydrogen-bond acceptors (Lipinski definition) is 5. The van der Waals surface area contributed by atoms with Gasteiger partial charge in [-0.2, -0.15) is 0 Å². The largest absolute Gasteiger partial charge is 0.493 e. The number of furan rings is 1. The third-order valence-corrected chi connectivity index (χ3v) is 5.84. The third-order valence-electron chi connectivity index (χ3n) is 5.84. The topological polar surface area (TPSA) is 83.2 Å². The van der Waals surface area contributed by atoms with Crippen molar-refractivity contribution in [3.05, 3.63) is 48.2 Å². The Bertz CT molecular complexity index is 956. The Morgan fingerprint density at radius 1 is 1.18 bits per heavy atom. The summed E-state index contributed by atoms with van der Waals surface area (Å²) >= 11 is 0. The highest BCUT2D eigenvalue weighted by Gasteiger charge is 2.30. The first kappa shape index (κ1) is 21.9. The van der Waals surface area contributed by atoms with E-state index in [1.165, 1.54) is 4.90 Å². The number of unbranched alkanes of at least 4 members (excludes halogenated alkanes) is 2. The van der Waals surface area contributed by atoms with Crippen LogP contribution in [0.2, 0.25) is 0 Å². The van der Waals surface area contributed by atoms with E-state index in [0.29, 0.717) is 63.1 Å². The number of carbonyl (C=O) groups excluding carboxylic acids is 1. The van der Waals surface area contributed by atoms with Gasteiger partial charge < -0.3 is 24.1 Å². The van der Waals surface area contributed by atoms with Crippen molar-refractivity contribution in [3.8, 4) is 5.75 Å². The van der Waals surface area contributed by atoms with Crippen LogP contribution in [0.25, 0.3) is 0 Å². The summed E-state index contributed by atoms with van der Waals surface area (Å²) in [5.74, 6) is -0.0640. The number of amides is 1. The Morgan fingerprint density at radius 3 is 2.61 bits per heavy atom. The Hall–Kier alpha value is -2.96. The Labute approximate surface area is 199 Å². The van der Waals surface area contributed by atoms with Crippen LogP contribution in [0.15, 0.2) is 47.1 Å². The molecule has 0 aliphatic carbocycles. The number of nitrogens with zero attached hydrogens (tertiary/aromatic N) is 2. The summed E-state index contributed by atoms with van der Waals surface area (Å²) in [6, 6.07) is 10.3. The summed E-state index contributed by atoms with van der Waals surface area (Å²) in [6.45, 7) is 3.33. The second-order valence-electron chi connectivity index (χ2n) is 8.68.